The van der Waals surface area contributed by atoms with Crippen LogP contribution in [0.3, 0.4) is 0 Å². The SMILES string of the molecule is CC(C)NCc1cc(Cl)ccc1N1CC(C)C(N(C)C)C1. The van der Waals surface area contributed by atoms with E-state index < -0.39 is 0 Å². The van der Waals surface area contributed by atoms with Crippen molar-refractivity contribution in [3.63, 3.8) is 0 Å². The zero-order valence-electron chi connectivity index (χ0n) is 13.9. The zero-order valence-corrected chi connectivity index (χ0v) is 14.6. The van der Waals surface area contributed by atoms with Gasteiger partial charge in [-0.1, -0.05) is 32.4 Å². The molecule has 1 aromatic carbocycles. The molecule has 0 amide bonds. The van der Waals surface area contributed by atoms with Gasteiger partial charge in [-0.2, -0.15) is 0 Å². The number of rotatable bonds is 5. The van der Waals surface area contributed by atoms with Crippen LogP contribution in [0.25, 0.3) is 0 Å². The highest BCUT2D eigenvalue weighted by atomic mass is 35.5. The molecule has 3 nitrogen and oxygen atoms in total. The average molecular weight is 310 g/mol. The number of hydrogen-bond acceptors (Lipinski definition) is 3. The minimum absolute atomic E-state index is 0.476. The lowest BCUT2D eigenvalue weighted by molar-refractivity contribution is 0.266. The first kappa shape index (κ1) is 16.6. The van der Waals surface area contributed by atoms with E-state index in [-0.39, 0.29) is 0 Å². The predicted molar refractivity (Wildman–Crippen MR) is 92.3 cm³/mol. The van der Waals surface area contributed by atoms with Gasteiger partial charge < -0.3 is 15.1 Å². The van der Waals surface area contributed by atoms with Gasteiger partial charge in [0.05, 0.1) is 0 Å². The Kier molecular flexibility index (Phi) is 5.53. The largest absolute Gasteiger partial charge is 0.369 e. The van der Waals surface area contributed by atoms with Crippen LogP contribution in [0.2, 0.25) is 5.02 Å². The van der Waals surface area contributed by atoms with Gasteiger partial charge in [-0.25, -0.2) is 0 Å². The van der Waals surface area contributed by atoms with Crippen molar-refractivity contribution < 1.29 is 0 Å². The second-order valence-corrected chi connectivity index (χ2v) is 7.16. The highest BCUT2D eigenvalue weighted by Gasteiger charge is 2.31. The quantitative estimate of drug-likeness (QED) is 0.901. The standard InChI is InChI=1S/C17H28ClN3/c1-12(2)19-9-14-8-15(18)6-7-16(14)21-10-13(3)17(11-21)20(4)5/h6-8,12-13,17,19H,9-11H2,1-5H3. The molecule has 0 spiro atoms. The van der Waals surface area contributed by atoms with Crippen molar-refractivity contribution in [2.75, 3.05) is 32.1 Å². The number of benzene rings is 1. The van der Waals surface area contributed by atoms with Crippen LogP contribution in [0.15, 0.2) is 18.2 Å². The lowest BCUT2D eigenvalue weighted by atomic mass is 10.1. The third kappa shape index (κ3) is 4.12. The van der Waals surface area contributed by atoms with Crippen LogP contribution in [0, 0.1) is 5.92 Å². The molecule has 21 heavy (non-hydrogen) atoms. The van der Waals surface area contributed by atoms with Crippen molar-refractivity contribution in [3.8, 4) is 0 Å². The van der Waals surface area contributed by atoms with Gasteiger partial charge in [-0.3, -0.25) is 0 Å². The lowest BCUT2D eigenvalue weighted by Gasteiger charge is -2.25. The fourth-order valence-electron chi connectivity index (χ4n) is 3.14. The van der Waals surface area contributed by atoms with Crippen molar-refractivity contribution in [1.82, 2.24) is 10.2 Å². The maximum atomic E-state index is 6.19. The monoisotopic (exact) mass is 309 g/mol. The third-order valence-corrected chi connectivity index (χ3v) is 4.55. The first-order valence-electron chi connectivity index (χ1n) is 7.81. The summed E-state index contributed by atoms with van der Waals surface area (Å²) >= 11 is 6.19. The van der Waals surface area contributed by atoms with Crippen LogP contribution in [0.4, 0.5) is 5.69 Å². The second-order valence-electron chi connectivity index (χ2n) is 6.72. The Hall–Kier alpha value is -0.770. The van der Waals surface area contributed by atoms with Gasteiger partial charge in [-0.15, -0.1) is 0 Å². The average Bonchev–Trinajstić information content (AvgIpc) is 2.78. The molecule has 0 aliphatic carbocycles. The van der Waals surface area contributed by atoms with Gasteiger partial charge in [0.15, 0.2) is 0 Å². The molecule has 0 bridgehead atoms. The maximum Gasteiger partial charge on any atom is 0.0413 e. The molecule has 118 valence electrons. The fraction of sp³-hybridized carbons (Fsp3) is 0.647. The molecule has 1 heterocycles. The summed E-state index contributed by atoms with van der Waals surface area (Å²) in [6, 6.07) is 7.36. The number of likely N-dealkylation sites (N-methyl/N-ethyl adjacent to an activating group) is 1. The molecular weight excluding hydrogens is 282 g/mol. The highest BCUT2D eigenvalue weighted by molar-refractivity contribution is 6.30. The molecule has 1 saturated heterocycles. The van der Waals surface area contributed by atoms with Crippen LogP contribution in [-0.2, 0) is 6.54 Å². The van der Waals surface area contributed by atoms with Gasteiger partial charge in [0.2, 0.25) is 0 Å². The molecule has 2 atom stereocenters. The van der Waals surface area contributed by atoms with Crippen molar-refractivity contribution in [3.05, 3.63) is 28.8 Å². The Labute approximate surface area is 134 Å². The van der Waals surface area contributed by atoms with Gasteiger partial charge in [0, 0.05) is 42.4 Å². The number of nitrogens with one attached hydrogen (secondary N) is 1. The Balaban J connectivity index is 2.19. The van der Waals surface area contributed by atoms with E-state index in [1.165, 1.54) is 11.3 Å². The smallest absolute Gasteiger partial charge is 0.0413 e. The highest BCUT2D eigenvalue weighted by Crippen LogP contribution is 2.30. The summed E-state index contributed by atoms with van der Waals surface area (Å²) in [4.78, 5) is 4.84. The van der Waals surface area contributed by atoms with Gasteiger partial charge in [-0.05, 0) is 43.8 Å². The molecule has 2 rings (SSSR count). The number of nitrogens with zero attached hydrogens (tertiary/aromatic N) is 2. The molecule has 0 radical (unpaired) electrons. The predicted octanol–water partition coefficient (Wildman–Crippen LogP) is 3.22. The molecule has 1 fully saturated rings. The number of hydrogen-bond donors (Lipinski definition) is 1. The van der Waals surface area contributed by atoms with E-state index in [1.54, 1.807) is 0 Å². The summed E-state index contributed by atoms with van der Waals surface area (Å²) in [6.07, 6.45) is 0. The van der Waals surface area contributed by atoms with Crippen LogP contribution < -0.4 is 10.2 Å². The van der Waals surface area contributed by atoms with E-state index in [0.29, 0.717) is 18.0 Å². The summed E-state index contributed by atoms with van der Waals surface area (Å²) in [7, 11) is 4.35. The molecule has 1 aromatic rings. The molecular formula is C17H28ClN3. The Bertz CT molecular complexity index is 473. The van der Waals surface area contributed by atoms with E-state index in [0.717, 1.165) is 24.7 Å². The fourth-order valence-corrected chi connectivity index (χ4v) is 3.33. The van der Waals surface area contributed by atoms with Crippen molar-refractivity contribution in [1.29, 1.82) is 0 Å². The van der Waals surface area contributed by atoms with Crippen molar-refractivity contribution in [2.24, 2.45) is 5.92 Å². The van der Waals surface area contributed by atoms with Crippen molar-refractivity contribution in [2.45, 2.75) is 39.4 Å². The molecule has 0 saturated carbocycles. The maximum absolute atomic E-state index is 6.19. The van der Waals surface area contributed by atoms with Crippen LogP contribution in [0.5, 0.6) is 0 Å². The van der Waals surface area contributed by atoms with Crippen LogP contribution in [-0.4, -0.2) is 44.2 Å². The molecule has 0 aromatic heterocycles. The summed E-state index contributed by atoms with van der Waals surface area (Å²) in [6.45, 7) is 9.75. The normalized spacial score (nSPS) is 22.6. The Morgan fingerprint density at radius 3 is 2.62 bits per heavy atom. The topological polar surface area (TPSA) is 18.5 Å². The first-order valence-corrected chi connectivity index (χ1v) is 8.19. The van der Waals surface area contributed by atoms with E-state index in [1.807, 2.05) is 6.07 Å². The van der Waals surface area contributed by atoms with E-state index in [4.69, 9.17) is 11.6 Å². The third-order valence-electron chi connectivity index (χ3n) is 4.32. The lowest BCUT2D eigenvalue weighted by Crippen LogP contribution is -2.34. The molecule has 4 heteroatoms. The van der Waals surface area contributed by atoms with Gasteiger partial charge >= 0.3 is 0 Å². The van der Waals surface area contributed by atoms with E-state index in [9.17, 15) is 0 Å². The molecule has 1 aliphatic rings. The summed E-state index contributed by atoms with van der Waals surface area (Å²) < 4.78 is 0. The summed E-state index contributed by atoms with van der Waals surface area (Å²) in [5.74, 6) is 0.682. The number of halogens is 1. The Morgan fingerprint density at radius 2 is 2.05 bits per heavy atom. The molecule has 1 aliphatic heterocycles. The minimum Gasteiger partial charge on any atom is -0.369 e. The minimum atomic E-state index is 0.476. The van der Waals surface area contributed by atoms with Gasteiger partial charge in [0.1, 0.15) is 0 Å². The van der Waals surface area contributed by atoms with Gasteiger partial charge in [0.25, 0.3) is 0 Å². The molecule has 1 N–H and O–H groups in total. The van der Waals surface area contributed by atoms with Crippen LogP contribution in [0.1, 0.15) is 26.3 Å². The summed E-state index contributed by atoms with van der Waals surface area (Å²) in [5.41, 5.74) is 2.62. The summed E-state index contributed by atoms with van der Waals surface area (Å²) in [5, 5.41) is 4.32. The Morgan fingerprint density at radius 1 is 1.33 bits per heavy atom. The van der Waals surface area contributed by atoms with E-state index >= 15 is 0 Å². The molecule has 2 unspecified atom stereocenters. The zero-order chi connectivity index (χ0) is 15.6. The second kappa shape index (κ2) is 6.99. The van der Waals surface area contributed by atoms with Crippen molar-refractivity contribution >= 4 is 17.3 Å². The first-order chi connectivity index (χ1) is 9.88. The van der Waals surface area contributed by atoms with Crippen LogP contribution >= 0.6 is 11.6 Å². The number of anilines is 1. The van der Waals surface area contributed by atoms with E-state index in [2.05, 4.69) is 62.1 Å².